The Labute approximate surface area is 60.3 Å². The molecule has 1 fully saturated rings. The lowest BCUT2D eigenvalue weighted by Gasteiger charge is -2.31. The zero-order valence-corrected chi connectivity index (χ0v) is 6.51. The van der Waals surface area contributed by atoms with E-state index in [0.29, 0.717) is 6.61 Å². The molecular formula is C7H12O3. The number of hydrogen-bond donors (Lipinski definition) is 0. The molecule has 0 saturated carbocycles. The molecule has 3 heteroatoms. The maximum absolute atomic E-state index is 11.0. The van der Waals surface area contributed by atoms with E-state index in [2.05, 4.69) is 0 Å². The van der Waals surface area contributed by atoms with E-state index < -0.39 is 5.60 Å². The lowest BCUT2D eigenvalue weighted by atomic mass is 10.1. The van der Waals surface area contributed by atoms with Crippen LogP contribution in [-0.2, 0) is 14.3 Å². The summed E-state index contributed by atoms with van der Waals surface area (Å²) < 4.78 is 10.2. The predicted octanol–water partition coefficient (Wildman–Crippen LogP) is 0.727. The van der Waals surface area contributed by atoms with E-state index in [1.54, 1.807) is 13.8 Å². The van der Waals surface area contributed by atoms with Gasteiger partial charge in [0.2, 0.25) is 0 Å². The minimum atomic E-state index is -0.744. The summed E-state index contributed by atoms with van der Waals surface area (Å²) in [5.74, 6) is -0.272. The van der Waals surface area contributed by atoms with Crippen molar-refractivity contribution in [2.75, 3.05) is 6.61 Å². The van der Waals surface area contributed by atoms with Crippen LogP contribution in [0.15, 0.2) is 0 Å². The molecule has 1 aliphatic rings. The number of hydrogen-bond acceptors (Lipinski definition) is 3. The summed E-state index contributed by atoms with van der Waals surface area (Å²) in [6.07, 6.45) is -0.0967. The van der Waals surface area contributed by atoms with Crippen molar-refractivity contribution < 1.29 is 14.3 Å². The molecule has 0 aromatic heterocycles. The molecule has 0 radical (unpaired) electrons. The molecule has 58 valence electrons. The molecular weight excluding hydrogens is 132 g/mol. The highest BCUT2D eigenvalue weighted by atomic mass is 16.6. The van der Waals surface area contributed by atoms with Crippen molar-refractivity contribution in [3.8, 4) is 0 Å². The number of rotatable bonds is 0. The van der Waals surface area contributed by atoms with Crippen molar-refractivity contribution in [1.29, 1.82) is 0 Å². The van der Waals surface area contributed by atoms with Gasteiger partial charge >= 0.3 is 5.97 Å². The normalized spacial score (nSPS) is 31.5. The van der Waals surface area contributed by atoms with Crippen LogP contribution in [0.5, 0.6) is 0 Å². The molecule has 0 N–H and O–H groups in total. The fourth-order valence-electron chi connectivity index (χ4n) is 0.743. The highest BCUT2D eigenvalue weighted by Gasteiger charge is 2.36. The van der Waals surface area contributed by atoms with Gasteiger partial charge in [0.05, 0.1) is 6.61 Å². The second kappa shape index (κ2) is 2.23. The molecule has 1 aliphatic heterocycles. The highest BCUT2D eigenvalue weighted by Crippen LogP contribution is 2.18. The van der Waals surface area contributed by atoms with Crippen molar-refractivity contribution in [3.05, 3.63) is 0 Å². The Morgan fingerprint density at radius 3 is 2.60 bits per heavy atom. The second-order valence-electron chi connectivity index (χ2n) is 3.04. The molecule has 10 heavy (non-hydrogen) atoms. The summed E-state index contributed by atoms with van der Waals surface area (Å²) in [5.41, 5.74) is -0.744. The maximum atomic E-state index is 11.0. The van der Waals surface area contributed by atoms with Gasteiger partial charge in [-0.05, 0) is 20.8 Å². The van der Waals surface area contributed by atoms with Crippen LogP contribution < -0.4 is 0 Å². The van der Waals surface area contributed by atoms with E-state index in [1.165, 1.54) is 0 Å². The first-order valence-electron chi connectivity index (χ1n) is 3.37. The number of ether oxygens (including phenoxy) is 2. The highest BCUT2D eigenvalue weighted by molar-refractivity contribution is 5.79. The van der Waals surface area contributed by atoms with Crippen LogP contribution >= 0.6 is 0 Å². The minimum absolute atomic E-state index is 0.0967. The molecule has 0 aromatic carbocycles. The molecule has 1 rings (SSSR count). The SMILES string of the molecule is CC1COC(C)(C)C(=O)O1. The molecule has 1 unspecified atom stereocenters. The fourth-order valence-corrected chi connectivity index (χ4v) is 0.743. The van der Waals surface area contributed by atoms with E-state index >= 15 is 0 Å². The largest absolute Gasteiger partial charge is 0.458 e. The summed E-state index contributed by atoms with van der Waals surface area (Å²) in [6.45, 7) is 5.73. The Bertz CT molecular complexity index is 151. The minimum Gasteiger partial charge on any atom is -0.458 e. The van der Waals surface area contributed by atoms with Crippen LogP contribution in [0, 0.1) is 0 Å². The molecule has 0 spiro atoms. The van der Waals surface area contributed by atoms with Gasteiger partial charge in [-0.2, -0.15) is 0 Å². The average molecular weight is 144 g/mol. The first-order chi connectivity index (χ1) is 4.52. The Morgan fingerprint density at radius 2 is 2.20 bits per heavy atom. The van der Waals surface area contributed by atoms with Crippen LogP contribution in [0.2, 0.25) is 0 Å². The first kappa shape index (κ1) is 7.54. The van der Waals surface area contributed by atoms with Crippen LogP contribution in [0.1, 0.15) is 20.8 Å². The van der Waals surface area contributed by atoms with Crippen molar-refractivity contribution in [2.45, 2.75) is 32.5 Å². The first-order valence-corrected chi connectivity index (χ1v) is 3.37. The van der Waals surface area contributed by atoms with Gasteiger partial charge in [0, 0.05) is 0 Å². The topological polar surface area (TPSA) is 35.5 Å². The molecule has 0 aromatic rings. The lowest BCUT2D eigenvalue weighted by Crippen LogP contribution is -2.45. The van der Waals surface area contributed by atoms with Gasteiger partial charge in [-0.25, -0.2) is 4.79 Å². The standard InChI is InChI=1S/C7H12O3/c1-5-4-9-7(2,3)6(8)10-5/h5H,4H2,1-3H3. The van der Waals surface area contributed by atoms with Crippen LogP contribution in [0.3, 0.4) is 0 Å². The van der Waals surface area contributed by atoms with Gasteiger partial charge in [0.25, 0.3) is 0 Å². The zero-order valence-electron chi connectivity index (χ0n) is 6.51. The van der Waals surface area contributed by atoms with Gasteiger partial charge in [-0.15, -0.1) is 0 Å². The van der Waals surface area contributed by atoms with E-state index in [9.17, 15) is 4.79 Å². The third kappa shape index (κ3) is 1.29. The van der Waals surface area contributed by atoms with Crippen molar-refractivity contribution in [1.82, 2.24) is 0 Å². The van der Waals surface area contributed by atoms with E-state index in [-0.39, 0.29) is 12.1 Å². The number of esters is 1. The Balaban J connectivity index is 2.61. The van der Waals surface area contributed by atoms with Crippen LogP contribution in [0.4, 0.5) is 0 Å². The molecule has 0 amide bonds. The Hall–Kier alpha value is -0.570. The monoisotopic (exact) mass is 144 g/mol. The van der Waals surface area contributed by atoms with Gasteiger partial charge in [0.1, 0.15) is 6.10 Å². The summed E-state index contributed by atoms with van der Waals surface area (Å²) in [4.78, 5) is 11.0. The fraction of sp³-hybridized carbons (Fsp3) is 0.857. The van der Waals surface area contributed by atoms with Gasteiger partial charge < -0.3 is 9.47 Å². The van der Waals surface area contributed by atoms with Crippen molar-refractivity contribution >= 4 is 5.97 Å². The summed E-state index contributed by atoms with van der Waals surface area (Å²) >= 11 is 0. The van der Waals surface area contributed by atoms with Gasteiger partial charge in [-0.1, -0.05) is 0 Å². The predicted molar refractivity (Wildman–Crippen MR) is 35.6 cm³/mol. The maximum Gasteiger partial charge on any atom is 0.338 e. The average Bonchev–Trinajstić information content (AvgIpc) is 1.81. The third-order valence-electron chi connectivity index (χ3n) is 1.48. The molecule has 3 nitrogen and oxygen atoms in total. The van der Waals surface area contributed by atoms with E-state index in [0.717, 1.165) is 0 Å². The smallest absolute Gasteiger partial charge is 0.338 e. The Morgan fingerprint density at radius 1 is 1.60 bits per heavy atom. The second-order valence-corrected chi connectivity index (χ2v) is 3.04. The molecule has 1 heterocycles. The van der Waals surface area contributed by atoms with Crippen molar-refractivity contribution in [3.63, 3.8) is 0 Å². The number of carbonyl (C=O) groups is 1. The lowest BCUT2D eigenvalue weighted by molar-refractivity contribution is -0.197. The van der Waals surface area contributed by atoms with Crippen molar-refractivity contribution in [2.24, 2.45) is 0 Å². The van der Waals surface area contributed by atoms with Gasteiger partial charge in [0.15, 0.2) is 5.60 Å². The number of carbonyl (C=O) groups excluding carboxylic acids is 1. The summed E-state index contributed by atoms with van der Waals surface area (Å²) in [6, 6.07) is 0. The summed E-state index contributed by atoms with van der Waals surface area (Å²) in [5, 5.41) is 0. The quantitative estimate of drug-likeness (QED) is 0.470. The van der Waals surface area contributed by atoms with Gasteiger partial charge in [-0.3, -0.25) is 0 Å². The van der Waals surface area contributed by atoms with E-state index in [1.807, 2.05) is 6.92 Å². The molecule has 1 atom stereocenters. The van der Waals surface area contributed by atoms with E-state index in [4.69, 9.17) is 9.47 Å². The van der Waals surface area contributed by atoms with Crippen LogP contribution in [-0.4, -0.2) is 24.3 Å². The zero-order chi connectivity index (χ0) is 7.78. The molecule has 0 bridgehead atoms. The molecule has 0 aliphatic carbocycles. The number of cyclic esters (lactones) is 1. The summed E-state index contributed by atoms with van der Waals surface area (Å²) in [7, 11) is 0. The Kier molecular flexibility index (Phi) is 1.68. The third-order valence-corrected chi connectivity index (χ3v) is 1.48. The van der Waals surface area contributed by atoms with Crippen LogP contribution in [0.25, 0.3) is 0 Å². The molecule has 1 saturated heterocycles.